The molecule has 0 aliphatic heterocycles. The minimum atomic E-state index is -0.944. The Kier molecular flexibility index (Phi) is 3.20. The van der Waals surface area contributed by atoms with E-state index in [-0.39, 0.29) is 5.56 Å². The van der Waals surface area contributed by atoms with Crippen LogP contribution in [0.4, 0.5) is 0 Å². The average Bonchev–Trinajstić information content (AvgIpc) is 3.24. The summed E-state index contributed by atoms with van der Waals surface area (Å²) in [4.78, 5) is 15.4. The summed E-state index contributed by atoms with van der Waals surface area (Å²) in [5, 5.41) is 13.2. The minimum absolute atomic E-state index is 0.245. The molecule has 4 aromatic rings. The van der Waals surface area contributed by atoms with Gasteiger partial charge in [-0.3, -0.25) is 4.57 Å². The standard InChI is InChI=1S/C18H12N2O2S/c21-18(22)13-4-5-17-16(9-13)19-11-20(17)15-3-1-2-12(8-15)14-6-7-23-10-14/h1-11H,(H,21,22). The second kappa shape index (κ2) is 5.37. The molecule has 0 spiro atoms. The summed E-state index contributed by atoms with van der Waals surface area (Å²) < 4.78 is 1.97. The van der Waals surface area contributed by atoms with Crippen LogP contribution in [0.25, 0.3) is 27.8 Å². The molecule has 0 aliphatic rings. The molecule has 0 radical (unpaired) electrons. The van der Waals surface area contributed by atoms with Gasteiger partial charge in [0.15, 0.2) is 0 Å². The van der Waals surface area contributed by atoms with E-state index in [0.717, 1.165) is 16.8 Å². The number of carboxylic acids is 1. The van der Waals surface area contributed by atoms with E-state index in [2.05, 4.69) is 33.9 Å². The summed E-state index contributed by atoms with van der Waals surface area (Å²) in [6.45, 7) is 0. The lowest BCUT2D eigenvalue weighted by molar-refractivity contribution is 0.0697. The quantitative estimate of drug-likeness (QED) is 0.606. The smallest absolute Gasteiger partial charge is 0.335 e. The van der Waals surface area contributed by atoms with Crippen LogP contribution in [-0.4, -0.2) is 20.6 Å². The number of nitrogens with zero attached hydrogens (tertiary/aromatic N) is 2. The Balaban J connectivity index is 1.83. The van der Waals surface area contributed by atoms with Crippen molar-refractivity contribution < 1.29 is 9.90 Å². The van der Waals surface area contributed by atoms with Crippen molar-refractivity contribution in [3.8, 4) is 16.8 Å². The summed E-state index contributed by atoms with van der Waals surface area (Å²) >= 11 is 1.67. The van der Waals surface area contributed by atoms with Gasteiger partial charge in [-0.15, -0.1) is 0 Å². The van der Waals surface area contributed by atoms with Crippen molar-refractivity contribution in [2.45, 2.75) is 0 Å². The van der Waals surface area contributed by atoms with Gasteiger partial charge in [-0.05, 0) is 58.3 Å². The second-order valence-corrected chi connectivity index (χ2v) is 5.97. The van der Waals surface area contributed by atoms with Crippen LogP contribution >= 0.6 is 11.3 Å². The van der Waals surface area contributed by atoms with E-state index >= 15 is 0 Å². The Labute approximate surface area is 136 Å². The lowest BCUT2D eigenvalue weighted by Gasteiger charge is -2.07. The fourth-order valence-corrected chi connectivity index (χ4v) is 3.28. The zero-order chi connectivity index (χ0) is 15.8. The van der Waals surface area contributed by atoms with Crippen LogP contribution in [0, 0.1) is 0 Å². The van der Waals surface area contributed by atoms with Gasteiger partial charge < -0.3 is 5.11 Å². The normalized spacial score (nSPS) is 11.0. The van der Waals surface area contributed by atoms with Crippen molar-refractivity contribution >= 4 is 28.3 Å². The summed E-state index contributed by atoms with van der Waals surface area (Å²) in [5.74, 6) is -0.944. The molecule has 2 aromatic carbocycles. The van der Waals surface area contributed by atoms with Crippen molar-refractivity contribution in [1.82, 2.24) is 9.55 Å². The van der Waals surface area contributed by atoms with Gasteiger partial charge in [0.25, 0.3) is 0 Å². The molecule has 2 heterocycles. The molecule has 4 rings (SSSR count). The Morgan fingerprint density at radius 2 is 2.00 bits per heavy atom. The molecule has 5 heteroatoms. The summed E-state index contributed by atoms with van der Waals surface area (Å²) in [5.41, 5.74) is 5.14. The van der Waals surface area contributed by atoms with Gasteiger partial charge in [0.05, 0.1) is 16.6 Å². The topological polar surface area (TPSA) is 55.1 Å². The number of fused-ring (bicyclic) bond motifs is 1. The Hall–Kier alpha value is -2.92. The third-order valence-electron chi connectivity index (χ3n) is 3.77. The van der Waals surface area contributed by atoms with E-state index in [4.69, 9.17) is 5.11 Å². The molecule has 0 saturated heterocycles. The third-order valence-corrected chi connectivity index (χ3v) is 4.46. The highest BCUT2D eigenvalue weighted by Crippen LogP contribution is 2.26. The number of hydrogen-bond donors (Lipinski definition) is 1. The molecule has 23 heavy (non-hydrogen) atoms. The van der Waals surface area contributed by atoms with Gasteiger partial charge >= 0.3 is 5.97 Å². The van der Waals surface area contributed by atoms with Crippen molar-refractivity contribution in [1.29, 1.82) is 0 Å². The Morgan fingerprint density at radius 3 is 2.78 bits per heavy atom. The monoisotopic (exact) mass is 320 g/mol. The van der Waals surface area contributed by atoms with Crippen molar-refractivity contribution in [2.24, 2.45) is 0 Å². The first kappa shape index (κ1) is 13.7. The van der Waals surface area contributed by atoms with Gasteiger partial charge in [0, 0.05) is 5.69 Å². The number of hydrogen-bond acceptors (Lipinski definition) is 3. The molecule has 112 valence electrons. The van der Waals surface area contributed by atoms with E-state index in [1.165, 1.54) is 5.56 Å². The van der Waals surface area contributed by atoms with Crippen molar-refractivity contribution in [3.05, 3.63) is 71.2 Å². The van der Waals surface area contributed by atoms with E-state index in [0.29, 0.717) is 5.52 Å². The number of aromatic carboxylic acids is 1. The van der Waals surface area contributed by atoms with Crippen LogP contribution in [0.2, 0.25) is 0 Å². The number of thiophene rings is 1. The van der Waals surface area contributed by atoms with Crippen LogP contribution < -0.4 is 0 Å². The average molecular weight is 320 g/mol. The molecular formula is C18H12N2O2S. The Morgan fingerprint density at radius 1 is 1.09 bits per heavy atom. The lowest BCUT2D eigenvalue weighted by Crippen LogP contribution is -1.96. The van der Waals surface area contributed by atoms with Gasteiger partial charge in [0.1, 0.15) is 6.33 Å². The molecule has 0 atom stereocenters. The fraction of sp³-hybridized carbons (Fsp3) is 0. The van der Waals surface area contributed by atoms with Gasteiger partial charge in [-0.1, -0.05) is 12.1 Å². The number of carbonyl (C=O) groups is 1. The highest BCUT2D eigenvalue weighted by molar-refractivity contribution is 7.08. The number of rotatable bonds is 3. The summed E-state index contributed by atoms with van der Waals surface area (Å²) in [6, 6.07) is 15.3. The van der Waals surface area contributed by atoms with Gasteiger partial charge in [-0.2, -0.15) is 11.3 Å². The molecule has 2 aromatic heterocycles. The molecule has 0 aliphatic carbocycles. The molecule has 1 N–H and O–H groups in total. The molecular weight excluding hydrogens is 308 g/mol. The van der Waals surface area contributed by atoms with Crippen LogP contribution in [0.3, 0.4) is 0 Å². The maximum atomic E-state index is 11.1. The van der Waals surface area contributed by atoms with E-state index < -0.39 is 5.97 Å². The van der Waals surface area contributed by atoms with E-state index in [1.54, 1.807) is 35.9 Å². The molecule has 0 unspecified atom stereocenters. The van der Waals surface area contributed by atoms with Crippen LogP contribution in [0.15, 0.2) is 65.6 Å². The van der Waals surface area contributed by atoms with Crippen molar-refractivity contribution in [2.75, 3.05) is 0 Å². The van der Waals surface area contributed by atoms with Gasteiger partial charge in [-0.25, -0.2) is 9.78 Å². The number of aromatic nitrogens is 2. The largest absolute Gasteiger partial charge is 0.478 e. The first-order chi connectivity index (χ1) is 11.2. The molecule has 0 amide bonds. The zero-order valence-electron chi connectivity index (χ0n) is 12.0. The molecule has 0 fully saturated rings. The highest BCUT2D eigenvalue weighted by Gasteiger charge is 2.09. The first-order valence-corrected chi connectivity index (χ1v) is 8.00. The van der Waals surface area contributed by atoms with Crippen LogP contribution in [0.1, 0.15) is 10.4 Å². The number of imidazole rings is 1. The zero-order valence-corrected chi connectivity index (χ0v) is 12.8. The fourth-order valence-electron chi connectivity index (χ4n) is 2.62. The third kappa shape index (κ3) is 2.41. The maximum Gasteiger partial charge on any atom is 0.335 e. The summed E-state index contributed by atoms with van der Waals surface area (Å²) in [6.07, 6.45) is 1.73. The highest BCUT2D eigenvalue weighted by atomic mass is 32.1. The van der Waals surface area contributed by atoms with Crippen LogP contribution in [-0.2, 0) is 0 Å². The second-order valence-electron chi connectivity index (χ2n) is 5.19. The number of carboxylic acid groups (broad SMARTS) is 1. The van der Waals surface area contributed by atoms with E-state index in [9.17, 15) is 4.79 Å². The predicted molar refractivity (Wildman–Crippen MR) is 91.3 cm³/mol. The van der Waals surface area contributed by atoms with Crippen LogP contribution in [0.5, 0.6) is 0 Å². The SMILES string of the molecule is O=C(O)c1ccc2c(c1)ncn2-c1cccc(-c2ccsc2)c1. The van der Waals surface area contributed by atoms with Gasteiger partial charge in [0.2, 0.25) is 0 Å². The minimum Gasteiger partial charge on any atom is -0.478 e. The maximum absolute atomic E-state index is 11.1. The predicted octanol–water partition coefficient (Wildman–Crippen LogP) is 4.45. The summed E-state index contributed by atoms with van der Waals surface area (Å²) in [7, 11) is 0. The molecule has 4 nitrogen and oxygen atoms in total. The lowest BCUT2D eigenvalue weighted by atomic mass is 10.1. The number of benzene rings is 2. The van der Waals surface area contributed by atoms with E-state index in [1.807, 2.05) is 16.7 Å². The molecule has 0 bridgehead atoms. The first-order valence-electron chi connectivity index (χ1n) is 7.06. The van der Waals surface area contributed by atoms with Crippen molar-refractivity contribution in [3.63, 3.8) is 0 Å². The Bertz CT molecular complexity index is 1000. The molecule has 0 saturated carbocycles.